The molecule has 98 valence electrons. The van der Waals surface area contributed by atoms with Crippen LogP contribution < -0.4 is 4.90 Å². The highest BCUT2D eigenvalue weighted by Gasteiger charge is 2.26. The first-order valence-electron chi connectivity index (χ1n) is 5.90. The van der Waals surface area contributed by atoms with Crippen molar-refractivity contribution in [2.75, 3.05) is 18.0 Å². The van der Waals surface area contributed by atoms with Crippen molar-refractivity contribution >= 4 is 11.8 Å². The van der Waals surface area contributed by atoms with Gasteiger partial charge < -0.3 is 10.0 Å². The predicted octanol–water partition coefficient (Wildman–Crippen LogP) is 0.218. The van der Waals surface area contributed by atoms with Crippen LogP contribution in [0.5, 0.6) is 0 Å². The molecule has 1 aliphatic heterocycles. The Balaban J connectivity index is 1.73. The number of aromatic carboxylic acids is 1. The number of carbonyl (C=O) groups is 1. The molecule has 2 aromatic rings. The largest absolute Gasteiger partial charge is 0.476 e. The zero-order chi connectivity index (χ0) is 13.2. The van der Waals surface area contributed by atoms with Gasteiger partial charge in [-0.3, -0.25) is 4.98 Å². The first-order valence-corrected chi connectivity index (χ1v) is 5.90. The molecule has 0 bridgehead atoms. The molecular formula is C11H12N6O2. The van der Waals surface area contributed by atoms with E-state index in [9.17, 15) is 4.79 Å². The van der Waals surface area contributed by atoms with Gasteiger partial charge in [0.05, 0.1) is 18.4 Å². The molecule has 1 atom stereocenters. The summed E-state index contributed by atoms with van der Waals surface area (Å²) in [5.41, 5.74) is -0.0297. The van der Waals surface area contributed by atoms with E-state index in [0.29, 0.717) is 0 Å². The third-order valence-corrected chi connectivity index (χ3v) is 3.14. The van der Waals surface area contributed by atoms with Crippen molar-refractivity contribution in [2.24, 2.45) is 0 Å². The van der Waals surface area contributed by atoms with Gasteiger partial charge in [-0.25, -0.2) is 14.5 Å². The Morgan fingerprint density at radius 3 is 3.00 bits per heavy atom. The number of anilines is 1. The molecule has 0 amide bonds. The molecule has 19 heavy (non-hydrogen) atoms. The Morgan fingerprint density at radius 2 is 2.32 bits per heavy atom. The molecule has 1 N–H and O–H groups in total. The van der Waals surface area contributed by atoms with E-state index < -0.39 is 5.97 Å². The summed E-state index contributed by atoms with van der Waals surface area (Å²) in [5.74, 6) is -0.237. The van der Waals surface area contributed by atoms with Gasteiger partial charge in [0.1, 0.15) is 5.82 Å². The van der Waals surface area contributed by atoms with Crippen molar-refractivity contribution in [2.45, 2.75) is 12.5 Å². The van der Waals surface area contributed by atoms with Crippen molar-refractivity contribution < 1.29 is 9.90 Å². The monoisotopic (exact) mass is 260 g/mol. The molecule has 1 saturated heterocycles. The van der Waals surface area contributed by atoms with Crippen LogP contribution in [0, 0.1) is 0 Å². The Hall–Kier alpha value is -2.51. The molecule has 0 saturated carbocycles. The van der Waals surface area contributed by atoms with Gasteiger partial charge >= 0.3 is 5.97 Å². The van der Waals surface area contributed by atoms with Crippen LogP contribution in [-0.2, 0) is 0 Å². The molecule has 0 spiro atoms. The standard InChI is InChI=1S/C11H12N6O2/c18-11(19)9-7-17(15-14-9)8-1-4-16(6-8)10-5-12-2-3-13-10/h2-3,5,7-8H,1,4,6H2,(H,18,19). The Bertz CT molecular complexity index is 584. The highest BCUT2D eigenvalue weighted by Crippen LogP contribution is 2.24. The number of hydrogen-bond acceptors (Lipinski definition) is 6. The van der Waals surface area contributed by atoms with Crippen LogP contribution in [0.4, 0.5) is 5.82 Å². The second-order valence-corrected chi connectivity index (χ2v) is 4.34. The van der Waals surface area contributed by atoms with Crippen LogP contribution in [-0.4, -0.2) is 49.1 Å². The quantitative estimate of drug-likeness (QED) is 0.842. The van der Waals surface area contributed by atoms with Crippen molar-refractivity contribution in [1.82, 2.24) is 25.0 Å². The van der Waals surface area contributed by atoms with Gasteiger partial charge in [-0.15, -0.1) is 5.10 Å². The molecule has 1 fully saturated rings. The zero-order valence-electron chi connectivity index (χ0n) is 10.0. The third kappa shape index (κ3) is 2.24. The van der Waals surface area contributed by atoms with Crippen molar-refractivity contribution in [3.63, 3.8) is 0 Å². The molecule has 1 unspecified atom stereocenters. The maximum atomic E-state index is 10.8. The summed E-state index contributed by atoms with van der Waals surface area (Å²) in [5, 5.41) is 16.3. The number of nitrogens with zero attached hydrogens (tertiary/aromatic N) is 6. The van der Waals surface area contributed by atoms with E-state index in [1.54, 1.807) is 23.3 Å². The van der Waals surface area contributed by atoms with Crippen LogP contribution in [0.1, 0.15) is 23.0 Å². The maximum absolute atomic E-state index is 10.8. The number of aromatic nitrogens is 5. The molecular weight excluding hydrogens is 248 g/mol. The summed E-state index contributed by atoms with van der Waals surface area (Å²) in [7, 11) is 0. The fourth-order valence-electron chi connectivity index (χ4n) is 2.17. The van der Waals surface area contributed by atoms with E-state index in [2.05, 4.69) is 25.2 Å². The summed E-state index contributed by atoms with van der Waals surface area (Å²) in [6.45, 7) is 1.56. The first-order chi connectivity index (χ1) is 9.24. The molecule has 0 aliphatic carbocycles. The van der Waals surface area contributed by atoms with E-state index in [-0.39, 0.29) is 11.7 Å². The summed E-state index contributed by atoms with van der Waals surface area (Å²) < 4.78 is 1.61. The van der Waals surface area contributed by atoms with Gasteiger partial charge in [-0.2, -0.15) is 0 Å². The smallest absolute Gasteiger partial charge is 0.358 e. The first kappa shape index (κ1) is 11.6. The normalized spacial score (nSPS) is 18.7. The summed E-state index contributed by atoms with van der Waals surface area (Å²) in [6.07, 6.45) is 7.34. The third-order valence-electron chi connectivity index (χ3n) is 3.14. The minimum Gasteiger partial charge on any atom is -0.476 e. The molecule has 8 nitrogen and oxygen atoms in total. The van der Waals surface area contributed by atoms with Crippen molar-refractivity contribution in [3.8, 4) is 0 Å². The zero-order valence-corrected chi connectivity index (χ0v) is 10.0. The van der Waals surface area contributed by atoms with Crippen LogP contribution in [0.25, 0.3) is 0 Å². The van der Waals surface area contributed by atoms with E-state index in [4.69, 9.17) is 5.11 Å². The topological polar surface area (TPSA) is 97.0 Å². The van der Waals surface area contributed by atoms with Crippen molar-refractivity contribution in [3.05, 3.63) is 30.5 Å². The van der Waals surface area contributed by atoms with Gasteiger partial charge in [0.15, 0.2) is 5.69 Å². The van der Waals surface area contributed by atoms with E-state index in [0.717, 1.165) is 25.3 Å². The van der Waals surface area contributed by atoms with E-state index in [1.807, 2.05) is 0 Å². The molecule has 3 rings (SSSR count). The lowest BCUT2D eigenvalue weighted by molar-refractivity contribution is 0.0690. The van der Waals surface area contributed by atoms with E-state index in [1.165, 1.54) is 6.20 Å². The lowest BCUT2D eigenvalue weighted by Crippen LogP contribution is -2.22. The number of rotatable bonds is 3. The number of carboxylic acids is 1. The summed E-state index contributed by atoms with van der Waals surface area (Å²) in [4.78, 5) is 21.2. The Kier molecular flexibility index (Phi) is 2.82. The van der Waals surface area contributed by atoms with Gasteiger partial charge in [0.25, 0.3) is 0 Å². The predicted molar refractivity (Wildman–Crippen MR) is 64.9 cm³/mol. The average Bonchev–Trinajstić information content (AvgIpc) is 3.09. The van der Waals surface area contributed by atoms with Gasteiger partial charge in [-0.05, 0) is 6.42 Å². The minimum absolute atomic E-state index is 0.0297. The molecule has 3 heterocycles. The number of hydrogen-bond donors (Lipinski definition) is 1. The fourth-order valence-corrected chi connectivity index (χ4v) is 2.17. The highest BCUT2D eigenvalue weighted by atomic mass is 16.4. The van der Waals surface area contributed by atoms with Crippen LogP contribution in [0.3, 0.4) is 0 Å². The minimum atomic E-state index is -1.06. The SMILES string of the molecule is O=C(O)c1cn(C2CCN(c3cnccn3)C2)nn1. The Morgan fingerprint density at radius 1 is 1.42 bits per heavy atom. The Labute approximate surface area is 108 Å². The fraction of sp³-hybridized carbons (Fsp3) is 0.364. The molecule has 0 aromatic carbocycles. The lowest BCUT2D eigenvalue weighted by Gasteiger charge is -2.16. The maximum Gasteiger partial charge on any atom is 0.358 e. The highest BCUT2D eigenvalue weighted by molar-refractivity contribution is 5.84. The average molecular weight is 260 g/mol. The van der Waals surface area contributed by atoms with Crippen molar-refractivity contribution in [1.29, 1.82) is 0 Å². The lowest BCUT2D eigenvalue weighted by atomic mass is 10.3. The summed E-state index contributed by atoms with van der Waals surface area (Å²) in [6, 6.07) is 0.114. The molecule has 0 radical (unpaired) electrons. The van der Waals surface area contributed by atoms with Crippen LogP contribution in [0.15, 0.2) is 24.8 Å². The number of carboxylic acid groups (broad SMARTS) is 1. The van der Waals surface area contributed by atoms with Gasteiger partial charge in [0, 0.05) is 25.5 Å². The van der Waals surface area contributed by atoms with Crippen LogP contribution >= 0.6 is 0 Å². The molecule has 2 aromatic heterocycles. The molecule has 8 heteroatoms. The van der Waals surface area contributed by atoms with E-state index >= 15 is 0 Å². The van der Waals surface area contributed by atoms with Crippen LogP contribution in [0.2, 0.25) is 0 Å². The van der Waals surface area contributed by atoms with Gasteiger partial charge in [-0.1, -0.05) is 5.21 Å². The summed E-state index contributed by atoms with van der Waals surface area (Å²) >= 11 is 0. The molecule has 1 aliphatic rings. The second kappa shape index (κ2) is 4.63. The second-order valence-electron chi connectivity index (χ2n) is 4.34. The van der Waals surface area contributed by atoms with Gasteiger partial charge in [0.2, 0.25) is 0 Å².